The van der Waals surface area contributed by atoms with Gasteiger partial charge >= 0.3 is 0 Å². The standard InChI is InChI=1S/C15H23BrN2O/c1-11(2)14-10-18(8-4-7-17-14)15-9-12(19-3)5-6-13(15)16/h5-6,9,11,14,17H,4,7-8,10H2,1-3H3. The minimum absolute atomic E-state index is 0.542. The predicted octanol–water partition coefficient (Wildman–Crippen LogP) is 3.28. The Bertz CT molecular complexity index is 423. The molecule has 1 atom stereocenters. The number of nitrogens with one attached hydrogen (secondary N) is 1. The van der Waals surface area contributed by atoms with Crippen molar-refractivity contribution in [3.05, 3.63) is 22.7 Å². The Morgan fingerprint density at radius 1 is 1.42 bits per heavy atom. The van der Waals surface area contributed by atoms with Crippen LogP contribution in [0.15, 0.2) is 22.7 Å². The number of hydrogen-bond donors (Lipinski definition) is 1. The topological polar surface area (TPSA) is 24.5 Å². The Kier molecular flexibility index (Phi) is 5.11. The summed E-state index contributed by atoms with van der Waals surface area (Å²) in [4.78, 5) is 2.46. The van der Waals surface area contributed by atoms with Gasteiger partial charge in [-0.05, 0) is 46.9 Å². The molecule has 19 heavy (non-hydrogen) atoms. The van der Waals surface area contributed by atoms with Crippen LogP contribution in [-0.2, 0) is 0 Å². The lowest BCUT2D eigenvalue weighted by Crippen LogP contribution is -2.41. The molecular formula is C15H23BrN2O. The second-order valence-electron chi connectivity index (χ2n) is 5.42. The lowest BCUT2D eigenvalue weighted by molar-refractivity contribution is 0.413. The maximum Gasteiger partial charge on any atom is 0.121 e. The van der Waals surface area contributed by atoms with E-state index < -0.39 is 0 Å². The van der Waals surface area contributed by atoms with Crippen molar-refractivity contribution in [2.45, 2.75) is 26.3 Å². The number of hydrogen-bond acceptors (Lipinski definition) is 3. The summed E-state index contributed by atoms with van der Waals surface area (Å²) in [5, 5.41) is 3.64. The molecule has 2 rings (SSSR count). The van der Waals surface area contributed by atoms with Gasteiger partial charge in [-0.2, -0.15) is 0 Å². The summed E-state index contributed by atoms with van der Waals surface area (Å²) in [6, 6.07) is 6.72. The molecule has 0 aromatic heterocycles. The van der Waals surface area contributed by atoms with E-state index in [0.29, 0.717) is 12.0 Å². The van der Waals surface area contributed by atoms with Gasteiger partial charge in [-0.1, -0.05) is 13.8 Å². The highest BCUT2D eigenvalue weighted by Crippen LogP contribution is 2.31. The molecule has 106 valence electrons. The van der Waals surface area contributed by atoms with Gasteiger partial charge in [-0.15, -0.1) is 0 Å². The number of halogens is 1. The molecule has 0 aliphatic carbocycles. The van der Waals surface area contributed by atoms with E-state index in [4.69, 9.17) is 4.74 Å². The third kappa shape index (κ3) is 3.63. The molecule has 1 aliphatic rings. The largest absolute Gasteiger partial charge is 0.497 e. The van der Waals surface area contributed by atoms with E-state index in [1.807, 2.05) is 6.07 Å². The number of methoxy groups -OCH3 is 1. The number of benzene rings is 1. The van der Waals surface area contributed by atoms with E-state index in [2.05, 4.69) is 52.1 Å². The van der Waals surface area contributed by atoms with Crippen LogP contribution in [0, 0.1) is 5.92 Å². The molecule has 1 N–H and O–H groups in total. The van der Waals surface area contributed by atoms with Gasteiger partial charge in [0.25, 0.3) is 0 Å². The summed E-state index contributed by atoms with van der Waals surface area (Å²) < 4.78 is 6.48. The molecular weight excluding hydrogens is 304 g/mol. The van der Waals surface area contributed by atoms with Gasteiger partial charge in [0.15, 0.2) is 0 Å². The third-order valence-corrected chi connectivity index (χ3v) is 4.40. The third-order valence-electron chi connectivity index (χ3n) is 3.73. The Morgan fingerprint density at radius 2 is 2.21 bits per heavy atom. The smallest absolute Gasteiger partial charge is 0.121 e. The van der Waals surface area contributed by atoms with Crippen molar-refractivity contribution in [2.24, 2.45) is 5.92 Å². The van der Waals surface area contributed by atoms with Gasteiger partial charge in [-0.3, -0.25) is 0 Å². The quantitative estimate of drug-likeness (QED) is 0.922. The lowest BCUT2D eigenvalue weighted by atomic mass is 10.0. The van der Waals surface area contributed by atoms with Crippen molar-refractivity contribution >= 4 is 21.6 Å². The van der Waals surface area contributed by atoms with Crippen molar-refractivity contribution in [1.29, 1.82) is 0 Å². The van der Waals surface area contributed by atoms with Crippen molar-refractivity contribution in [1.82, 2.24) is 5.32 Å². The Balaban J connectivity index is 2.23. The van der Waals surface area contributed by atoms with Gasteiger partial charge in [0.2, 0.25) is 0 Å². The molecule has 1 fully saturated rings. The second kappa shape index (κ2) is 6.62. The summed E-state index contributed by atoms with van der Waals surface area (Å²) in [5.41, 5.74) is 1.23. The van der Waals surface area contributed by atoms with Crippen LogP contribution in [0.4, 0.5) is 5.69 Å². The minimum atomic E-state index is 0.542. The highest BCUT2D eigenvalue weighted by molar-refractivity contribution is 9.10. The average Bonchev–Trinajstić information content (AvgIpc) is 2.65. The molecule has 0 radical (unpaired) electrons. The molecule has 4 heteroatoms. The maximum absolute atomic E-state index is 5.34. The molecule has 1 unspecified atom stereocenters. The first-order chi connectivity index (χ1) is 9.11. The van der Waals surface area contributed by atoms with E-state index in [-0.39, 0.29) is 0 Å². The summed E-state index contributed by atoms with van der Waals surface area (Å²) >= 11 is 3.66. The Labute approximate surface area is 124 Å². The number of ether oxygens (including phenoxy) is 1. The highest BCUT2D eigenvalue weighted by atomic mass is 79.9. The first-order valence-electron chi connectivity index (χ1n) is 6.93. The number of anilines is 1. The lowest BCUT2D eigenvalue weighted by Gasteiger charge is -2.29. The molecule has 1 aliphatic heterocycles. The number of rotatable bonds is 3. The fraction of sp³-hybridized carbons (Fsp3) is 0.600. The summed E-state index contributed by atoms with van der Waals surface area (Å²) in [6.07, 6.45) is 1.17. The fourth-order valence-electron chi connectivity index (χ4n) is 2.48. The number of nitrogens with zero attached hydrogens (tertiary/aromatic N) is 1. The van der Waals surface area contributed by atoms with Crippen LogP contribution < -0.4 is 15.0 Å². The van der Waals surface area contributed by atoms with Crippen LogP contribution in [0.25, 0.3) is 0 Å². The van der Waals surface area contributed by atoms with Gasteiger partial charge < -0.3 is 15.0 Å². The van der Waals surface area contributed by atoms with Crippen molar-refractivity contribution in [2.75, 3.05) is 31.6 Å². The van der Waals surface area contributed by atoms with Crippen LogP contribution in [0.2, 0.25) is 0 Å². The van der Waals surface area contributed by atoms with Crippen LogP contribution in [-0.4, -0.2) is 32.8 Å². The minimum Gasteiger partial charge on any atom is -0.497 e. The molecule has 0 spiro atoms. The molecule has 0 bridgehead atoms. The summed E-state index contributed by atoms with van der Waals surface area (Å²) in [6.45, 7) is 7.79. The van der Waals surface area contributed by atoms with Crippen molar-refractivity contribution < 1.29 is 4.74 Å². The first-order valence-corrected chi connectivity index (χ1v) is 7.73. The molecule has 1 saturated heterocycles. The Morgan fingerprint density at radius 3 is 2.89 bits per heavy atom. The molecule has 0 amide bonds. The fourth-order valence-corrected chi connectivity index (χ4v) is 2.98. The normalized spacial score (nSPS) is 20.5. The van der Waals surface area contributed by atoms with Gasteiger partial charge in [0, 0.05) is 29.7 Å². The zero-order valence-corrected chi connectivity index (χ0v) is 13.5. The van der Waals surface area contributed by atoms with Gasteiger partial charge in [-0.25, -0.2) is 0 Å². The molecule has 1 aromatic rings. The van der Waals surface area contributed by atoms with Crippen LogP contribution in [0.3, 0.4) is 0 Å². The Hall–Kier alpha value is -0.740. The predicted molar refractivity (Wildman–Crippen MR) is 84.2 cm³/mol. The molecule has 0 saturated carbocycles. The van der Waals surface area contributed by atoms with E-state index in [9.17, 15) is 0 Å². The molecule has 1 heterocycles. The average molecular weight is 327 g/mol. The van der Waals surface area contributed by atoms with Crippen LogP contribution in [0.1, 0.15) is 20.3 Å². The zero-order chi connectivity index (χ0) is 13.8. The van der Waals surface area contributed by atoms with Crippen LogP contribution in [0.5, 0.6) is 5.75 Å². The molecule has 3 nitrogen and oxygen atoms in total. The summed E-state index contributed by atoms with van der Waals surface area (Å²) in [7, 11) is 1.72. The van der Waals surface area contributed by atoms with Crippen molar-refractivity contribution in [3.63, 3.8) is 0 Å². The van der Waals surface area contributed by atoms with E-state index in [0.717, 1.165) is 29.9 Å². The van der Waals surface area contributed by atoms with Crippen LogP contribution >= 0.6 is 15.9 Å². The van der Waals surface area contributed by atoms with Gasteiger partial charge in [0.1, 0.15) is 5.75 Å². The SMILES string of the molecule is COc1ccc(Br)c(N2CCCNC(C(C)C)C2)c1. The van der Waals surface area contributed by atoms with E-state index in [1.54, 1.807) is 7.11 Å². The maximum atomic E-state index is 5.34. The van der Waals surface area contributed by atoms with E-state index >= 15 is 0 Å². The molecule has 1 aromatic carbocycles. The second-order valence-corrected chi connectivity index (χ2v) is 6.28. The monoisotopic (exact) mass is 326 g/mol. The van der Waals surface area contributed by atoms with Gasteiger partial charge in [0.05, 0.1) is 12.8 Å². The summed E-state index contributed by atoms with van der Waals surface area (Å²) in [5.74, 6) is 1.56. The van der Waals surface area contributed by atoms with Crippen molar-refractivity contribution in [3.8, 4) is 5.75 Å². The highest BCUT2D eigenvalue weighted by Gasteiger charge is 2.21. The first kappa shape index (κ1) is 14.7. The van der Waals surface area contributed by atoms with E-state index in [1.165, 1.54) is 12.1 Å². The zero-order valence-electron chi connectivity index (χ0n) is 11.9.